The summed E-state index contributed by atoms with van der Waals surface area (Å²) in [5.74, 6) is -1.49. The van der Waals surface area contributed by atoms with Gasteiger partial charge in [0.05, 0.1) is 11.7 Å². The zero-order valence-electron chi connectivity index (χ0n) is 7.22. The molecule has 0 aliphatic heterocycles. The van der Waals surface area contributed by atoms with Crippen molar-refractivity contribution in [3.8, 4) is 0 Å². The van der Waals surface area contributed by atoms with E-state index < -0.39 is 17.7 Å². The maximum Gasteiger partial charge on any atom is 0.134 e. The maximum absolute atomic E-state index is 13.2. The molecule has 0 fully saturated rings. The fourth-order valence-electron chi connectivity index (χ4n) is 1.10. The molecule has 13 heavy (non-hydrogen) atoms. The largest absolute Gasteiger partial charge is 0.387 e. The lowest BCUT2D eigenvalue weighted by molar-refractivity contribution is 0.176. The third kappa shape index (κ3) is 1.84. The fourth-order valence-corrected chi connectivity index (χ4v) is 1.10. The summed E-state index contributed by atoms with van der Waals surface area (Å²) in [4.78, 5) is 0. The second-order valence-electron chi connectivity index (χ2n) is 2.84. The van der Waals surface area contributed by atoms with Crippen LogP contribution in [0.2, 0.25) is 0 Å². The number of halogens is 2. The Hall–Kier alpha value is -1.00. The minimum Gasteiger partial charge on any atom is -0.387 e. The third-order valence-electron chi connectivity index (χ3n) is 1.88. The molecule has 0 saturated carbocycles. The molecule has 0 aliphatic carbocycles. The molecule has 0 saturated heterocycles. The smallest absolute Gasteiger partial charge is 0.134 e. The van der Waals surface area contributed by atoms with E-state index in [0.717, 1.165) is 6.07 Å². The van der Waals surface area contributed by atoms with Crippen molar-refractivity contribution < 1.29 is 13.9 Å². The van der Waals surface area contributed by atoms with E-state index in [1.807, 2.05) is 0 Å². The van der Waals surface area contributed by atoms with E-state index in [1.165, 1.54) is 13.0 Å². The zero-order chi connectivity index (χ0) is 10.0. The molecule has 0 heterocycles. The van der Waals surface area contributed by atoms with Gasteiger partial charge in [0, 0.05) is 6.54 Å². The lowest BCUT2D eigenvalue weighted by Gasteiger charge is -2.11. The highest BCUT2D eigenvalue weighted by atomic mass is 19.1. The predicted octanol–water partition coefficient (Wildman–Crippen LogP) is 1.27. The van der Waals surface area contributed by atoms with Gasteiger partial charge < -0.3 is 10.8 Å². The zero-order valence-corrected chi connectivity index (χ0v) is 7.22. The van der Waals surface area contributed by atoms with Gasteiger partial charge in [0.2, 0.25) is 0 Å². The molecule has 0 radical (unpaired) electrons. The van der Waals surface area contributed by atoms with Crippen LogP contribution in [0.5, 0.6) is 0 Å². The minimum absolute atomic E-state index is 0.197. The second-order valence-corrected chi connectivity index (χ2v) is 2.84. The van der Waals surface area contributed by atoms with E-state index in [-0.39, 0.29) is 12.1 Å². The summed E-state index contributed by atoms with van der Waals surface area (Å²) in [5, 5.41) is 9.21. The van der Waals surface area contributed by atoms with Crippen LogP contribution in [0.1, 0.15) is 17.2 Å². The topological polar surface area (TPSA) is 46.2 Å². The Morgan fingerprint density at radius 3 is 2.62 bits per heavy atom. The molecule has 1 rings (SSSR count). The van der Waals surface area contributed by atoms with Gasteiger partial charge >= 0.3 is 0 Å². The van der Waals surface area contributed by atoms with Gasteiger partial charge in [-0.05, 0) is 18.6 Å². The summed E-state index contributed by atoms with van der Waals surface area (Å²) in [6.07, 6.45) is -1.28. The third-order valence-corrected chi connectivity index (χ3v) is 1.88. The summed E-state index contributed by atoms with van der Waals surface area (Å²) < 4.78 is 26.3. The van der Waals surface area contributed by atoms with Crippen LogP contribution in [0.25, 0.3) is 0 Å². The molecule has 2 nitrogen and oxygen atoms in total. The van der Waals surface area contributed by atoms with Crippen molar-refractivity contribution in [2.75, 3.05) is 6.54 Å². The van der Waals surface area contributed by atoms with Gasteiger partial charge in [0.25, 0.3) is 0 Å². The van der Waals surface area contributed by atoms with Crippen molar-refractivity contribution >= 4 is 0 Å². The first kappa shape index (κ1) is 10.1. The summed E-state index contributed by atoms with van der Waals surface area (Å²) >= 11 is 0. The summed E-state index contributed by atoms with van der Waals surface area (Å²) in [5.41, 5.74) is 5.06. The number of aliphatic hydroxyl groups is 1. The van der Waals surface area contributed by atoms with Crippen molar-refractivity contribution in [1.29, 1.82) is 0 Å². The van der Waals surface area contributed by atoms with Crippen LogP contribution in [0.15, 0.2) is 12.1 Å². The molecule has 72 valence electrons. The van der Waals surface area contributed by atoms with Crippen LogP contribution in [0.3, 0.4) is 0 Å². The first-order valence-electron chi connectivity index (χ1n) is 3.90. The monoisotopic (exact) mass is 187 g/mol. The number of nitrogens with two attached hydrogens (primary N) is 1. The second kappa shape index (κ2) is 3.81. The number of aryl methyl sites for hydroxylation is 1. The van der Waals surface area contributed by atoms with Gasteiger partial charge in [0.1, 0.15) is 11.6 Å². The summed E-state index contributed by atoms with van der Waals surface area (Å²) in [6.45, 7) is 1.30. The Bertz CT molecular complexity index is 315. The average molecular weight is 187 g/mol. The average Bonchev–Trinajstić information content (AvgIpc) is 2.12. The van der Waals surface area contributed by atoms with Gasteiger partial charge in [-0.2, -0.15) is 0 Å². The fraction of sp³-hybridized carbons (Fsp3) is 0.333. The first-order chi connectivity index (χ1) is 6.07. The molecule has 0 bridgehead atoms. The van der Waals surface area contributed by atoms with Crippen molar-refractivity contribution in [2.45, 2.75) is 13.0 Å². The quantitative estimate of drug-likeness (QED) is 0.732. The van der Waals surface area contributed by atoms with E-state index in [0.29, 0.717) is 5.56 Å². The van der Waals surface area contributed by atoms with Crippen LogP contribution >= 0.6 is 0 Å². The van der Waals surface area contributed by atoms with Gasteiger partial charge in [-0.25, -0.2) is 8.78 Å². The number of aliphatic hydroxyl groups excluding tert-OH is 1. The SMILES string of the molecule is Cc1ccc(F)c([C@H](O)CN)c1F. The van der Waals surface area contributed by atoms with E-state index in [4.69, 9.17) is 5.73 Å². The van der Waals surface area contributed by atoms with Crippen molar-refractivity contribution in [2.24, 2.45) is 5.73 Å². The standard InChI is InChI=1S/C9H11F2NO/c1-5-2-3-6(10)8(9(5)11)7(13)4-12/h2-3,7,13H,4,12H2,1H3/t7-/m1/s1. The Morgan fingerprint density at radius 2 is 2.08 bits per heavy atom. The van der Waals surface area contributed by atoms with Crippen molar-refractivity contribution in [1.82, 2.24) is 0 Å². The Labute approximate surface area is 75.0 Å². The molecule has 0 aromatic heterocycles. The van der Waals surface area contributed by atoms with E-state index in [1.54, 1.807) is 0 Å². The summed E-state index contributed by atoms with van der Waals surface area (Å²) in [7, 11) is 0. The highest BCUT2D eigenvalue weighted by molar-refractivity contribution is 5.28. The molecule has 1 aromatic carbocycles. The highest BCUT2D eigenvalue weighted by Crippen LogP contribution is 2.22. The first-order valence-corrected chi connectivity index (χ1v) is 3.90. The summed E-state index contributed by atoms with van der Waals surface area (Å²) in [6, 6.07) is 2.43. The normalized spacial score (nSPS) is 13.0. The predicted molar refractivity (Wildman–Crippen MR) is 45.1 cm³/mol. The number of rotatable bonds is 2. The van der Waals surface area contributed by atoms with Gasteiger partial charge in [0.15, 0.2) is 0 Å². The van der Waals surface area contributed by atoms with Gasteiger partial charge in [-0.3, -0.25) is 0 Å². The number of benzene rings is 1. The lowest BCUT2D eigenvalue weighted by Crippen LogP contribution is -2.15. The molecule has 3 N–H and O–H groups in total. The van der Waals surface area contributed by atoms with Crippen LogP contribution in [0.4, 0.5) is 8.78 Å². The molecule has 0 amide bonds. The van der Waals surface area contributed by atoms with Crippen molar-refractivity contribution in [3.05, 3.63) is 34.9 Å². The minimum atomic E-state index is -1.28. The molecule has 4 heteroatoms. The van der Waals surface area contributed by atoms with Gasteiger partial charge in [-0.1, -0.05) is 6.07 Å². The molecule has 0 aliphatic rings. The van der Waals surface area contributed by atoms with E-state index in [9.17, 15) is 13.9 Å². The van der Waals surface area contributed by atoms with Crippen LogP contribution < -0.4 is 5.73 Å². The van der Waals surface area contributed by atoms with Crippen LogP contribution in [-0.4, -0.2) is 11.7 Å². The molecular weight excluding hydrogens is 176 g/mol. The van der Waals surface area contributed by atoms with E-state index >= 15 is 0 Å². The van der Waals surface area contributed by atoms with Crippen LogP contribution in [0, 0.1) is 18.6 Å². The van der Waals surface area contributed by atoms with Crippen molar-refractivity contribution in [3.63, 3.8) is 0 Å². The van der Waals surface area contributed by atoms with E-state index in [2.05, 4.69) is 0 Å². The number of hydrogen-bond donors (Lipinski definition) is 2. The van der Waals surface area contributed by atoms with Gasteiger partial charge in [-0.15, -0.1) is 0 Å². The van der Waals surface area contributed by atoms with Crippen LogP contribution in [-0.2, 0) is 0 Å². The molecule has 1 aromatic rings. The lowest BCUT2D eigenvalue weighted by atomic mass is 10.0. The molecular formula is C9H11F2NO. The molecule has 0 unspecified atom stereocenters. The highest BCUT2D eigenvalue weighted by Gasteiger charge is 2.17. The maximum atomic E-state index is 13.2. The Kier molecular flexibility index (Phi) is 2.95. The number of hydrogen-bond acceptors (Lipinski definition) is 2. The Balaban J connectivity index is 3.25. The molecule has 0 spiro atoms. The Morgan fingerprint density at radius 1 is 1.46 bits per heavy atom. The molecule has 1 atom stereocenters.